The van der Waals surface area contributed by atoms with E-state index in [1.54, 1.807) is 0 Å². The summed E-state index contributed by atoms with van der Waals surface area (Å²) in [6, 6.07) is 5.95. The fourth-order valence-corrected chi connectivity index (χ4v) is 2.01. The second kappa shape index (κ2) is 5.82. The molecule has 0 radical (unpaired) electrons. The summed E-state index contributed by atoms with van der Waals surface area (Å²) in [4.78, 5) is 10.6. The molecule has 1 aromatic carbocycles. The Labute approximate surface area is 102 Å². The van der Waals surface area contributed by atoms with Crippen LogP contribution in [0.15, 0.2) is 18.2 Å². The molecule has 0 saturated heterocycles. The third-order valence-electron chi connectivity index (χ3n) is 2.94. The number of benzene rings is 1. The van der Waals surface area contributed by atoms with Crippen molar-refractivity contribution >= 4 is 5.97 Å². The summed E-state index contributed by atoms with van der Waals surface area (Å²) in [5, 5.41) is 18.8. The van der Waals surface area contributed by atoms with Crippen LogP contribution in [0.4, 0.5) is 0 Å². The molecule has 0 saturated carbocycles. The number of carboxylic acid groups (broad SMARTS) is 1. The lowest BCUT2D eigenvalue weighted by Crippen LogP contribution is -2.10. The first-order chi connectivity index (χ1) is 7.90. The van der Waals surface area contributed by atoms with Gasteiger partial charge < -0.3 is 10.2 Å². The quantitative estimate of drug-likeness (QED) is 0.826. The van der Waals surface area contributed by atoms with Gasteiger partial charge in [0.05, 0.1) is 6.10 Å². The fraction of sp³-hybridized carbons (Fsp3) is 0.500. The molecule has 0 heterocycles. The smallest absolute Gasteiger partial charge is 0.303 e. The lowest BCUT2D eigenvalue weighted by molar-refractivity contribution is -0.138. The van der Waals surface area contributed by atoms with Crippen LogP contribution in [-0.2, 0) is 4.79 Å². The van der Waals surface area contributed by atoms with E-state index in [-0.39, 0.29) is 12.3 Å². The van der Waals surface area contributed by atoms with E-state index in [4.69, 9.17) is 5.11 Å². The molecule has 0 aliphatic rings. The molecule has 0 aliphatic carbocycles. The van der Waals surface area contributed by atoms with E-state index in [0.717, 1.165) is 16.7 Å². The van der Waals surface area contributed by atoms with Gasteiger partial charge in [0.2, 0.25) is 0 Å². The standard InChI is InChI=1S/C14H20O3/c1-9-4-5-11(3)12(6-9)13(15)7-10(2)8-14(16)17/h4-6,10,13,15H,7-8H2,1-3H3,(H,16,17). The Kier molecular flexibility index (Phi) is 4.70. The van der Waals surface area contributed by atoms with Crippen LogP contribution < -0.4 is 0 Å². The number of carbonyl (C=O) groups is 1. The summed E-state index contributed by atoms with van der Waals surface area (Å²) < 4.78 is 0. The summed E-state index contributed by atoms with van der Waals surface area (Å²) in [6.07, 6.45) is 0.00246. The van der Waals surface area contributed by atoms with Gasteiger partial charge in [0.25, 0.3) is 0 Å². The average molecular weight is 236 g/mol. The number of aryl methyl sites for hydroxylation is 2. The number of aliphatic carboxylic acids is 1. The number of aliphatic hydroxyl groups is 1. The van der Waals surface area contributed by atoms with Crippen LogP contribution in [0, 0.1) is 19.8 Å². The van der Waals surface area contributed by atoms with Crippen molar-refractivity contribution in [3.63, 3.8) is 0 Å². The minimum atomic E-state index is -0.814. The van der Waals surface area contributed by atoms with Gasteiger partial charge in [-0.25, -0.2) is 0 Å². The van der Waals surface area contributed by atoms with E-state index in [1.165, 1.54) is 0 Å². The molecule has 0 amide bonds. The predicted octanol–water partition coefficient (Wildman–Crippen LogP) is 2.84. The first kappa shape index (κ1) is 13.7. The molecule has 1 aromatic rings. The molecule has 0 spiro atoms. The van der Waals surface area contributed by atoms with E-state index < -0.39 is 12.1 Å². The Balaban J connectivity index is 2.72. The van der Waals surface area contributed by atoms with E-state index in [0.29, 0.717) is 6.42 Å². The van der Waals surface area contributed by atoms with Crippen molar-refractivity contribution in [2.75, 3.05) is 0 Å². The molecule has 0 bridgehead atoms. The Morgan fingerprint density at radius 1 is 1.35 bits per heavy atom. The highest BCUT2D eigenvalue weighted by Crippen LogP contribution is 2.26. The van der Waals surface area contributed by atoms with Gasteiger partial charge in [-0.05, 0) is 37.3 Å². The van der Waals surface area contributed by atoms with Gasteiger partial charge in [-0.2, -0.15) is 0 Å². The zero-order valence-corrected chi connectivity index (χ0v) is 10.6. The number of hydrogen-bond donors (Lipinski definition) is 2. The van der Waals surface area contributed by atoms with Crippen molar-refractivity contribution in [1.82, 2.24) is 0 Å². The Hall–Kier alpha value is -1.35. The largest absolute Gasteiger partial charge is 0.481 e. The van der Waals surface area contributed by atoms with Crippen molar-refractivity contribution in [3.05, 3.63) is 34.9 Å². The zero-order chi connectivity index (χ0) is 13.0. The van der Waals surface area contributed by atoms with Crippen molar-refractivity contribution < 1.29 is 15.0 Å². The third-order valence-corrected chi connectivity index (χ3v) is 2.94. The zero-order valence-electron chi connectivity index (χ0n) is 10.6. The van der Waals surface area contributed by atoms with Gasteiger partial charge >= 0.3 is 5.97 Å². The highest BCUT2D eigenvalue weighted by molar-refractivity contribution is 5.66. The second-order valence-electron chi connectivity index (χ2n) is 4.81. The number of carboxylic acids is 1. The van der Waals surface area contributed by atoms with Crippen molar-refractivity contribution in [2.45, 2.75) is 39.7 Å². The lowest BCUT2D eigenvalue weighted by atomic mass is 9.92. The highest BCUT2D eigenvalue weighted by atomic mass is 16.4. The summed E-state index contributed by atoms with van der Waals surface area (Å²) >= 11 is 0. The molecule has 2 unspecified atom stereocenters. The summed E-state index contributed by atoms with van der Waals surface area (Å²) in [6.45, 7) is 5.79. The Morgan fingerprint density at radius 2 is 2.00 bits per heavy atom. The maximum absolute atomic E-state index is 10.6. The monoisotopic (exact) mass is 236 g/mol. The van der Waals surface area contributed by atoms with Crippen LogP contribution in [0.2, 0.25) is 0 Å². The van der Waals surface area contributed by atoms with Crippen molar-refractivity contribution in [3.8, 4) is 0 Å². The maximum Gasteiger partial charge on any atom is 0.303 e. The van der Waals surface area contributed by atoms with Gasteiger partial charge in [0.15, 0.2) is 0 Å². The van der Waals surface area contributed by atoms with E-state index in [9.17, 15) is 9.90 Å². The summed E-state index contributed by atoms with van der Waals surface area (Å²) in [7, 11) is 0. The molecule has 0 aromatic heterocycles. The van der Waals surface area contributed by atoms with Crippen molar-refractivity contribution in [1.29, 1.82) is 0 Å². The van der Waals surface area contributed by atoms with Gasteiger partial charge in [-0.15, -0.1) is 0 Å². The predicted molar refractivity (Wildman–Crippen MR) is 66.9 cm³/mol. The molecule has 0 aliphatic heterocycles. The number of aliphatic hydroxyl groups excluding tert-OH is 1. The van der Waals surface area contributed by atoms with Crippen LogP contribution in [0.25, 0.3) is 0 Å². The molecule has 94 valence electrons. The Bertz CT molecular complexity index is 398. The third kappa shape index (κ3) is 4.19. The molecule has 1 rings (SSSR count). The van der Waals surface area contributed by atoms with Gasteiger partial charge in [-0.3, -0.25) is 4.79 Å². The van der Waals surface area contributed by atoms with Crippen LogP contribution >= 0.6 is 0 Å². The van der Waals surface area contributed by atoms with Crippen LogP contribution in [-0.4, -0.2) is 16.2 Å². The van der Waals surface area contributed by atoms with Crippen LogP contribution in [0.1, 0.15) is 42.6 Å². The number of hydrogen-bond acceptors (Lipinski definition) is 2. The SMILES string of the molecule is Cc1ccc(C)c(C(O)CC(C)CC(=O)O)c1. The molecule has 2 N–H and O–H groups in total. The molecular weight excluding hydrogens is 216 g/mol. The van der Waals surface area contributed by atoms with Gasteiger partial charge in [0.1, 0.15) is 0 Å². The number of rotatable bonds is 5. The van der Waals surface area contributed by atoms with E-state index in [1.807, 2.05) is 39.0 Å². The fourth-order valence-electron chi connectivity index (χ4n) is 2.01. The first-order valence-electron chi connectivity index (χ1n) is 5.87. The highest BCUT2D eigenvalue weighted by Gasteiger charge is 2.16. The maximum atomic E-state index is 10.6. The van der Waals surface area contributed by atoms with E-state index in [2.05, 4.69) is 0 Å². The van der Waals surface area contributed by atoms with Gasteiger partial charge in [0, 0.05) is 6.42 Å². The second-order valence-corrected chi connectivity index (χ2v) is 4.81. The molecule has 17 heavy (non-hydrogen) atoms. The average Bonchev–Trinajstić information content (AvgIpc) is 2.20. The van der Waals surface area contributed by atoms with Crippen LogP contribution in [0.3, 0.4) is 0 Å². The normalized spacial score (nSPS) is 14.4. The lowest BCUT2D eigenvalue weighted by Gasteiger charge is -2.17. The first-order valence-corrected chi connectivity index (χ1v) is 5.87. The van der Waals surface area contributed by atoms with Crippen LogP contribution in [0.5, 0.6) is 0 Å². The molecule has 3 heteroatoms. The van der Waals surface area contributed by atoms with Gasteiger partial charge in [-0.1, -0.05) is 30.7 Å². The minimum Gasteiger partial charge on any atom is -0.481 e. The van der Waals surface area contributed by atoms with E-state index >= 15 is 0 Å². The topological polar surface area (TPSA) is 57.5 Å². The minimum absolute atomic E-state index is 0.0255. The summed E-state index contributed by atoms with van der Waals surface area (Å²) in [5.41, 5.74) is 3.06. The summed E-state index contributed by atoms with van der Waals surface area (Å²) in [5.74, 6) is -0.840. The Morgan fingerprint density at radius 3 is 2.59 bits per heavy atom. The molecular formula is C14H20O3. The van der Waals surface area contributed by atoms with Crippen molar-refractivity contribution in [2.24, 2.45) is 5.92 Å². The molecule has 0 fully saturated rings. The molecule has 3 nitrogen and oxygen atoms in total. The molecule has 2 atom stereocenters.